The number of nitrogens with one attached hydrogen (secondary N) is 1. The zero-order chi connectivity index (χ0) is 26.5. The number of carbonyl (C=O) groups is 2. The number of aliphatic hydroxyl groups excluding tert-OH is 1. The van der Waals surface area contributed by atoms with Crippen molar-refractivity contribution >= 4 is 29.0 Å². The molecule has 1 fully saturated rings. The third kappa shape index (κ3) is 4.48. The fourth-order valence-corrected chi connectivity index (χ4v) is 6.16. The lowest BCUT2D eigenvalue weighted by Gasteiger charge is -2.30. The highest BCUT2D eigenvalue weighted by Crippen LogP contribution is 2.36. The number of aromatic nitrogens is 3. The number of hydrogen-bond donors (Lipinski definition) is 2. The van der Waals surface area contributed by atoms with Crippen LogP contribution in [-0.4, -0.2) is 61.1 Å². The van der Waals surface area contributed by atoms with Crippen molar-refractivity contribution in [3.05, 3.63) is 59.0 Å². The number of carbonyl (C=O) groups excluding carboxylic acids is 2. The Morgan fingerprint density at radius 2 is 2.00 bits per heavy atom. The van der Waals surface area contributed by atoms with Crippen LogP contribution in [0.15, 0.2) is 47.2 Å². The van der Waals surface area contributed by atoms with Crippen molar-refractivity contribution in [2.45, 2.75) is 57.7 Å². The number of aryl methyl sites for hydroxylation is 2. The van der Waals surface area contributed by atoms with E-state index in [2.05, 4.69) is 15.4 Å². The first-order valence-electron chi connectivity index (χ1n) is 12.5. The lowest BCUT2D eigenvalue weighted by molar-refractivity contribution is -0.134. The summed E-state index contributed by atoms with van der Waals surface area (Å²) in [5.74, 6) is -0.298. The lowest BCUT2D eigenvalue weighted by Crippen LogP contribution is -2.48. The molecule has 0 bridgehead atoms. The first-order valence-corrected chi connectivity index (χ1v) is 13.4. The molecule has 1 aromatic carbocycles. The molecule has 0 unspecified atom stereocenters. The van der Waals surface area contributed by atoms with E-state index in [1.54, 1.807) is 34.0 Å². The zero-order valence-corrected chi connectivity index (χ0v) is 22.5. The highest BCUT2D eigenvalue weighted by Gasteiger charge is 2.48. The fraction of sp³-hybridized carbons (Fsp3) is 0.444. The molecule has 0 radical (unpaired) electrons. The molecule has 2 N–H and O–H groups in total. The summed E-state index contributed by atoms with van der Waals surface area (Å²) < 4.78 is 1.68. The van der Waals surface area contributed by atoms with Gasteiger partial charge in [-0.25, -0.2) is 9.98 Å². The number of thiazole rings is 1. The summed E-state index contributed by atoms with van der Waals surface area (Å²) in [4.78, 5) is 39.0. The molecule has 2 aliphatic heterocycles. The Hall–Kier alpha value is -3.37. The fourth-order valence-electron chi connectivity index (χ4n) is 5.34. The first kappa shape index (κ1) is 25.3. The van der Waals surface area contributed by atoms with Crippen LogP contribution in [0.4, 0.5) is 0 Å². The van der Waals surface area contributed by atoms with Crippen molar-refractivity contribution in [2.75, 3.05) is 6.54 Å². The maximum atomic E-state index is 13.8. The minimum atomic E-state index is -1.13. The predicted octanol–water partition coefficient (Wildman–Crippen LogP) is 3.00. The molecule has 1 saturated heterocycles. The van der Waals surface area contributed by atoms with Crippen LogP contribution in [0.1, 0.15) is 49.9 Å². The number of amides is 2. The Morgan fingerprint density at radius 3 is 2.59 bits per heavy atom. The van der Waals surface area contributed by atoms with Gasteiger partial charge in [0.2, 0.25) is 5.91 Å². The van der Waals surface area contributed by atoms with Gasteiger partial charge in [0.25, 0.3) is 5.91 Å². The summed E-state index contributed by atoms with van der Waals surface area (Å²) in [5, 5.41) is 17.7. The van der Waals surface area contributed by atoms with Gasteiger partial charge in [0, 0.05) is 31.8 Å². The van der Waals surface area contributed by atoms with E-state index in [-0.39, 0.29) is 24.3 Å². The summed E-state index contributed by atoms with van der Waals surface area (Å²) in [6, 6.07) is 7.30. The van der Waals surface area contributed by atoms with E-state index in [9.17, 15) is 14.7 Å². The largest absolute Gasteiger partial charge is 0.391 e. The quantitative estimate of drug-likeness (QED) is 0.519. The number of β-amino-alcohol motifs (C(OH)–C–C–N with tert-alkyl or cyclic N) is 1. The van der Waals surface area contributed by atoms with Crippen molar-refractivity contribution in [1.82, 2.24) is 25.0 Å². The van der Waals surface area contributed by atoms with Crippen LogP contribution in [0.2, 0.25) is 0 Å². The summed E-state index contributed by atoms with van der Waals surface area (Å²) in [5.41, 5.74) is 4.31. The molecule has 194 valence electrons. The van der Waals surface area contributed by atoms with Gasteiger partial charge in [-0.3, -0.25) is 14.3 Å². The van der Waals surface area contributed by atoms with Gasteiger partial charge >= 0.3 is 0 Å². The molecule has 2 aromatic heterocycles. The van der Waals surface area contributed by atoms with Crippen molar-refractivity contribution in [2.24, 2.45) is 18.0 Å². The van der Waals surface area contributed by atoms with E-state index >= 15 is 0 Å². The smallest absolute Gasteiger partial charge is 0.257 e. The molecule has 37 heavy (non-hydrogen) atoms. The molecule has 4 atom stereocenters. The molecule has 2 amide bonds. The van der Waals surface area contributed by atoms with Crippen molar-refractivity contribution in [3.63, 3.8) is 0 Å². The normalized spacial score (nSPS) is 24.5. The number of amidine groups is 1. The Bertz CT molecular complexity index is 1360. The Balaban J connectivity index is 1.43. The SMILES string of the molecule is Cc1ncsc1-c1ccc([C@]2(C)N=C([C@@H]3C[C@@H](O)CN3C(=O)[C@H](c3cnn(C)c3)C(C)C)NC2=O)cc1. The van der Waals surface area contributed by atoms with Crippen LogP contribution >= 0.6 is 11.3 Å². The van der Waals surface area contributed by atoms with E-state index in [1.165, 1.54) is 0 Å². The van der Waals surface area contributed by atoms with Crippen LogP contribution in [0, 0.1) is 12.8 Å². The third-order valence-electron chi connectivity index (χ3n) is 7.38. The molecular weight excluding hydrogens is 488 g/mol. The summed E-state index contributed by atoms with van der Waals surface area (Å²) in [7, 11) is 1.82. The molecular formula is C27H32N6O3S. The van der Waals surface area contributed by atoms with Gasteiger partial charge in [-0.2, -0.15) is 5.10 Å². The summed E-state index contributed by atoms with van der Waals surface area (Å²) >= 11 is 1.58. The molecule has 0 aliphatic carbocycles. The van der Waals surface area contributed by atoms with Gasteiger partial charge in [0.1, 0.15) is 5.84 Å². The number of aliphatic imine (C=N–C) groups is 1. The number of nitrogens with zero attached hydrogens (tertiary/aromatic N) is 5. The van der Waals surface area contributed by atoms with Gasteiger partial charge in [-0.1, -0.05) is 38.1 Å². The maximum absolute atomic E-state index is 13.8. The van der Waals surface area contributed by atoms with E-state index in [4.69, 9.17) is 4.99 Å². The number of benzene rings is 1. The van der Waals surface area contributed by atoms with Crippen LogP contribution in [-0.2, 0) is 22.2 Å². The third-order valence-corrected chi connectivity index (χ3v) is 8.35. The molecule has 10 heteroatoms. The van der Waals surface area contributed by atoms with Crippen molar-refractivity contribution in [1.29, 1.82) is 0 Å². The van der Waals surface area contributed by atoms with Gasteiger partial charge in [-0.05, 0) is 30.9 Å². The molecule has 3 aromatic rings. The van der Waals surface area contributed by atoms with E-state index in [1.807, 2.05) is 63.8 Å². The van der Waals surface area contributed by atoms with Crippen LogP contribution < -0.4 is 5.32 Å². The average molecular weight is 521 g/mol. The molecule has 2 aliphatic rings. The summed E-state index contributed by atoms with van der Waals surface area (Å²) in [6.07, 6.45) is 3.20. The number of aliphatic hydroxyl groups is 1. The zero-order valence-electron chi connectivity index (χ0n) is 21.7. The number of likely N-dealkylation sites (tertiary alicyclic amines) is 1. The Morgan fingerprint density at radius 1 is 1.27 bits per heavy atom. The highest BCUT2D eigenvalue weighted by molar-refractivity contribution is 7.13. The second-order valence-electron chi connectivity index (χ2n) is 10.4. The standard InChI is InChI=1S/C27H32N6O3S/c1-15(2)22(18-11-29-32(5)12-18)25(35)33-13-20(34)10-21(33)24-30-26(36)27(4,31-24)19-8-6-17(7-9-19)23-16(3)28-14-37-23/h6-9,11-12,14-15,20-22,34H,10,13H2,1-5H3,(H,30,31,36)/t20-,21+,22+,27+/m1/s1. The molecule has 0 saturated carbocycles. The molecule has 4 heterocycles. The van der Waals surface area contributed by atoms with Gasteiger partial charge in [0.05, 0.1) is 40.3 Å². The topological polar surface area (TPSA) is 113 Å². The number of rotatable bonds is 6. The molecule has 9 nitrogen and oxygen atoms in total. The molecule has 0 spiro atoms. The van der Waals surface area contributed by atoms with E-state index in [0.717, 1.165) is 27.3 Å². The second kappa shape index (κ2) is 9.50. The Labute approximate surface area is 220 Å². The second-order valence-corrected chi connectivity index (χ2v) is 11.3. The first-order chi connectivity index (χ1) is 17.6. The predicted molar refractivity (Wildman–Crippen MR) is 142 cm³/mol. The monoisotopic (exact) mass is 520 g/mol. The van der Waals surface area contributed by atoms with Crippen molar-refractivity contribution in [3.8, 4) is 10.4 Å². The average Bonchev–Trinajstić information content (AvgIpc) is 3.62. The van der Waals surface area contributed by atoms with Gasteiger partial charge in [0.15, 0.2) is 5.54 Å². The minimum Gasteiger partial charge on any atom is -0.391 e. The van der Waals surface area contributed by atoms with E-state index < -0.39 is 23.6 Å². The van der Waals surface area contributed by atoms with Gasteiger partial charge in [-0.15, -0.1) is 11.3 Å². The maximum Gasteiger partial charge on any atom is 0.257 e. The minimum absolute atomic E-state index is 0.0289. The van der Waals surface area contributed by atoms with Crippen molar-refractivity contribution < 1.29 is 14.7 Å². The summed E-state index contributed by atoms with van der Waals surface area (Å²) in [6.45, 7) is 7.96. The molecule has 5 rings (SSSR count). The van der Waals surface area contributed by atoms with Gasteiger partial charge < -0.3 is 15.3 Å². The Kier molecular flexibility index (Phi) is 6.49. The van der Waals surface area contributed by atoms with E-state index in [0.29, 0.717) is 12.3 Å². The number of hydrogen-bond acceptors (Lipinski definition) is 7. The van der Waals surface area contributed by atoms with Crippen LogP contribution in [0.25, 0.3) is 10.4 Å². The van der Waals surface area contributed by atoms with Crippen LogP contribution in [0.3, 0.4) is 0 Å². The van der Waals surface area contributed by atoms with Crippen LogP contribution in [0.5, 0.6) is 0 Å². The highest BCUT2D eigenvalue weighted by atomic mass is 32.1. The lowest BCUT2D eigenvalue weighted by atomic mass is 9.89.